The minimum atomic E-state index is 0. The fourth-order valence-corrected chi connectivity index (χ4v) is 3.23. The highest BCUT2D eigenvalue weighted by molar-refractivity contribution is 6.36. The lowest BCUT2D eigenvalue weighted by molar-refractivity contribution is -0.122. The van der Waals surface area contributed by atoms with Crippen LogP contribution in [0.4, 0.5) is 0 Å². The average molecular weight is 441 g/mol. The highest BCUT2D eigenvalue weighted by Crippen LogP contribution is 2.30. The maximum atomic E-state index is 12.0. The Kier molecular flexibility index (Phi) is 9.75. The van der Waals surface area contributed by atoms with E-state index in [1.807, 2.05) is 0 Å². The molecule has 1 fully saturated rings. The molecule has 26 heavy (non-hydrogen) atoms. The Morgan fingerprint density at radius 3 is 2.69 bits per heavy atom. The molecule has 144 valence electrons. The summed E-state index contributed by atoms with van der Waals surface area (Å²) in [5.41, 5.74) is 0.735. The van der Waals surface area contributed by atoms with Crippen LogP contribution in [-0.4, -0.2) is 30.0 Å². The van der Waals surface area contributed by atoms with E-state index >= 15 is 0 Å². The zero-order valence-corrected chi connectivity index (χ0v) is 17.1. The maximum absolute atomic E-state index is 12.0. The molecule has 0 atom stereocenters. The Balaban J connectivity index is 0.00000169. The van der Waals surface area contributed by atoms with Crippen molar-refractivity contribution in [3.05, 3.63) is 40.3 Å². The number of nitrogens with zero attached hydrogens (tertiary/aromatic N) is 1. The molecule has 0 unspecified atom stereocenters. The minimum absolute atomic E-state index is 0. The molecule has 2 N–H and O–H groups in total. The number of halogens is 4. The van der Waals surface area contributed by atoms with Crippen LogP contribution in [0.25, 0.3) is 11.3 Å². The summed E-state index contributed by atoms with van der Waals surface area (Å²) in [6.07, 6.45) is 4.39. The monoisotopic (exact) mass is 439 g/mol. The number of rotatable bonds is 5. The summed E-state index contributed by atoms with van der Waals surface area (Å²) in [5, 5.41) is 7.41. The summed E-state index contributed by atoms with van der Waals surface area (Å²) in [4.78, 5) is 16.2. The lowest BCUT2D eigenvalue weighted by atomic mass is 10.1. The number of aryl methyl sites for hydroxylation is 1. The summed E-state index contributed by atoms with van der Waals surface area (Å²) in [6.45, 7) is 1.91. The Morgan fingerprint density at radius 2 is 2.00 bits per heavy atom. The van der Waals surface area contributed by atoms with Gasteiger partial charge in [-0.15, -0.1) is 24.8 Å². The van der Waals surface area contributed by atoms with Gasteiger partial charge in [-0.1, -0.05) is 23.2 Å². The van der Waals surface area contributed by atoms with Gasteiger partial charge >= 0.3 is 0 Å². The molecule has 3 rings (SSSR count). The molecular weight excluding hydrogens is 420 g/mol. The predicted molar refractivity (Wildman–Crippen MR) is 109 cm³/mol. The van der Waals surface area contributed by atoms with Gasteiger partial charge in [0, 0.05) is 29.5 Å². The molecular formula is C17H21Cl4N3O2. The summed E-state index contributed by atoms with van der Waals surface area (Å²) in [6, 6.07) is 5.47. The maximum Gasteiger partial charge on any atom is 0.220 e. The number of aromatic nitrogens is 1. The van der Waals surface area contributed by atoms with Crippen LogP contribution in [0.2, 0.25) is 10.0 Å². The molecule has 1 aromatic heterocycles. The van der Waals surface area contributed by atoms with E-state index in [9.17, 15) is 4.79 Å². The van der Waals surface area contributed by atoms with Gasteiger partial charge < -0.3 is 15.1 Å². The van der Waals surface area contributed by atoms with Crippen molar-refractivity contribution < 1.29 is 9.21 Å². The van der Waals surface area contributed by atoms with Gasteiger partial charge in [0.05, 0.1) is 11.2 Å². The summed E-state index contributed by atoms with van der Waals surface area (Å²) in [7, 11) is 0. The van der Waals surface area contributed by atoms with Gasteiger partial charge in [-0.2, -0.15) is 0 Å². The molecule has 1 saturated heterocycles. The van der Waals surface area contributed by atoms with Crippen molar-refractivity contribution >= 4 is 53.9 Å². The van der Waals surface area contributed by atoms with Crippen LogP contribution in [0, 0.1) is 0 Å². The van der Waals surface area contributed by atoms with E-state index in [1.165, 1.54) is 0 Å². The van der Waals surface area contributed by atoms with E-state index in [-0.39, 0.29) is 36.8 Å². The Morgan fingerprint density at radius 1 is 1.27 bits per heavy atom. The standard InChI is InChI=1S/C17H19Cl2N3O2.2ClH/c18-11-1-2-13(14(19)9-11)15-10-21-17(24-15)4-3-16(23)22-12-5-7-20-8-6-12;;/h1-2,9-10,12,20H,3-8H2,(H,22,23);2*1H. The van der Waals surface area contributed by atoms with E-state index in [0.29, 0.717) is 34.5 Å². The van der Waals surface area contributed by atoms with Crippen LogP contribution in [-0.2, 0) is 11.2 Å². The number of carbonyl (C=O) groups is 1. The van der Waals surface area contributed by atoms with Gasteiger partial charge in [0.25, 0.3) is 0 Å². The molecule has 9 heteroatoms. The highest BCUT2D eigenvalue weighted by atomic mass is 35.5. The summed E-state index contributed by atoms with van der Waals surface area (Å²) < 4.78 is 5.70. The quantitative estimate of drug-likeness (QED) is 0.727. The van der Waals surface area contributed by atoms with Crippen molar-refractivity contribution in [1.82, 2.24) is 15.6 Å². The van der Waals surface area contributed by atoms with Gasteiger partial charge in [0.15, 0.2) is 11.7 Å². The molecule has 0 aliphatic carbocycles. The largest absolute Gasteiger partial charge is 0.441 e. The molecule has 2 heterocycles. The molecule has 1 aliphatic heterocycles. The molecule has 0 radical (unpaired) electrons. The number of carbonyl (C=O) groups excluding carboxylic acids is 1. The molecule has 1 aliphatic rings. The second-order valence-corrected chi connectivity index (χ2v) is 6.68. The van der Waals surface area contributed by atoms with Crippen LogP contribution in [0.1, 0.15) is 25.2 Å². The first-order valence-corrected chi connectivity index (χ1v) is 8.77. The number of oxazole rings is 1. The van der Waals surface area contributed by atoms with Gasteiger partial charge in [-0.05, 0) is 44.1 Å². The number of hydrogen-bond acceptors (Lipinski definition) is 4. The van der Waals surface area contributed by atoms with Crippen molar-refractivity contribution in [3.8, 4) is 11.3 Å². The second-order valence-electron chi connectivity index (χ2n) is 5.83. The number of amides is 1. The topological polar surface area (TPSA) is 67.2 Å². The van der Waals surface area contributed by atoms with E-state index in [0.717, 1.165) is 31.5 Å². The molecule has 0 spiro atoms. The third kappa shape index (κ3) is 6.32. The summed E-state index contributed by atoms with van der Waals surface area (Å²) in [5.74, 6) is 1.13. The van der Waals surface area contributed by atoms with Crippen molar-refractivity contribution in [3.63, 3.8) is 0 Å². The van der Waals surface area contributed by atoms with Crippen LogP contribution in [0.5, 0.6) is 0 Å². The molecule has 2 aromatic rings. The first-order chi connectivity index (χ1) is 11.6. The lowest BCUT2D eigenvalue weighted by Crippen LogP contribution is -2.42. The fourth-order valence-electron chi connectivity index (χ4n) is 2.73. The van der Waals surface area contributed by atoms with E-state index < -0.39 is 0 Å². The lowest BCUT2D eigenvalue weighted by Gasteiger charge is -2.23. The normalized spacial score (nSPS) is 14.2. The van der Waals surface area contributed by atoms with Crippen molar-refractivity contribution in [2.45, 2.75) is 31.7 Å². The van der Waals surface area contributed by atoms with Crippen molar-refractivity contribution in [2.24, 2.45) is 0 Å². The van der Waals surface area contributed by atoms with Crippen LogP contribution in [0.3, 0.4) is 0 Å². The molecule has 1 amide bonds. The number of piperidine rings is 1. The van der Waals surface area contributed by atoms with E-state index in [4.69, 9.17) is 27.6 Å². The number of hydrogen-bond donors (Lipinski definition) is 2. The SMILES string of the molecule is Cl.Cl.O=C(CCc1ncc(-c2ccc(Cl)cc2Cl)o1)NC1CCNCC1. The predicted octanol–water partition coefficient (Wildman–Crippen LogP) is 4.29. The molecule has 0 bridgehead atoms. The summed E-state index contributed by atoms with van der Waals surface area (Å²) >= 11 is 12.1. The molecule has 5 nitrogen and oxygen atoms in total. The van der Waals surface area contributed by atoms with Crippen LogP contribution < -0.4 is 10.6 Å². The van der Waals surface area contributed by atoms with Gasteiger partial charge in [0.1, 0.15) is 0 Å². The van der Waals surface area contributed by atoms with Gasteiger partial charge in [-0.25, -0.2) is 4.98 Å². The van der Waals surface area contributed by atoms with E-state index in [1.54, 1.807) is 24.4 Å². The fraction of sp³-hybridized carbons (Fsp3) is 0.412. The van der Waals surface area contributed by atoms with Gasteiger partial charge in [-0.3, -0.25) is 4.79 Å². The van der Waals surface area contributed by atoms with Crippen LogP contribution >= 0.6 is 48.0 Å². The molecule has 0 saturated carbocycles. The number of nitrogens with one attached hydrogen (secondary N) is 2. The smallest absolute Gasteiger partial charge is 0.220 e. The third-order valence-electron chi connectivity index (χ3n) is 4.02. The Hall–Kier alpha value is -0.980. The van der Waals surface area contributed by atoms with Gasteiger partial charge in [0.2, 0.25) is 5.91 Å². The second kappa shape index (κ2) is 11.0. The average Bonchev–Trinajstić information content (AvgIpc) is 3.02. The molecule has 1 aromatic carbocycles. The van der Waals surface area contributed by atoms with Crippen LogP contribution in [0.15, 0.2) is 28.8 Å². The third-order valence-corrected chi connectivity index (χ3v) is 4.57. The van der Waals surface area contributed by atoms with Crippen molar-refractivity contribution in [2.75, 3.05) is 13.1 Å². The zero-order valence-electron chi connectivity index (χ0n) is 14.0. The minimum Gasteiger partial charge on any atom is -0.441 e. The Bertz CT molecular complexity index is 718. The number of benzene rings is 1. The van der Waals surface area contributed by atoms with E-state index in [2.05, 4.69) is 15.6 Å². The highest BCUT2D eigenvalue weighted by Gasteiger charge is 2.16. The first kappa shape index (κ1) is 23.1. The van der Waals surface area contributed by atoms with Crippen molar-refractivity contribution in [1.29, 1.82) is 0 Å². The Labute approximate surface area is 175 Å². The zero-order chi connectivity index (χ0) is 16.9. The first-order valence-electron chi connectivity index (χ1n) is 8.02.